The highest BCUT2D eigenvalue weighted by molar-refractivity contribution is 7.92. The van der Waals surface area contributed by atoms with Gasteiger partial charge in [-0.15, -0.1) is 4.40 Å². The first-order valence-electron chi connectivity index (χ1n) is 11.8. The van der Waals surface area contributed by atoms with E-state index in [1.54, 1.807) is 0 Å². The van der Waals surface area contributed by atoms with Gasteiger partial charge in [0.2, 0.25) is 15.9 Å². The molecule has 0 bridgehead atoms. The van der Waals surface area contributed by atoms with Gasteiger partial charge in [0.05, 0.1) is 36.4 Å². The number of sulfonamides is 2. The van der Waals surface area contributed by atoms with Crippen molar-refractivity contribution in [3.8, 4) is 0 Å². The van der Waals surface area contributed by atoms with Gasteiger partial charge in [-0.1, -0.05) is 24.1 Å². The van der Waals surface area contributed by atoms with Gasteiger partial charge in [-0.05, 0) is 48.7 Å². The minimum Gasteiger partial charge on any atom is -0.469 e. The number of ether oxygens (including phenoxy) is 1. The lowest BCUT2D eigenvalue weighted by Gasteiger charge is -2.33. The number of rotatable bonds is 8. The topological polar surface area (TPSA) is 151 Å². The molecule has 2 atom stereocenters. The van der Waals surface area contributed by atoms with Crippen molar-refractivity contribution in [2.24, 2.45) is 10.3 Å². The number of benzene rings is 2. The van der Waals surface area contributed by atoms with Crippen molar-refractivity contribution < 1.29 is 35.6 Å². The summed E-state index contributed by atoms with van der Waals surface area (Å²) in [6.45, 7) is -0.00582. The van der Waals surface area contributed by atoms with Crippen LogP contribution in [0.15, 0.2) is 45.7 Å². The van der Waals surface area contributed by atoms with Gasteiger partial charge >= 0.3 is 5.97 Å². The zero-order valence-corrected chi connectivity index (χ0v) is 23.4. The highest BCUT2D eigenvalue weighted by Crippen LogP contribution is 2.34. The second kappa shape index (κ2) is 11.1. The maximum absolute atomic E-state index is 13.7. The van der Waals surface area contributed by atoms with E-state index in [-0.39, 0.29) is 33.7 Å². The van der Waals surface area contributed by atoms with Crippen LogP contribution < -0.4 is 10.0 Å². The third-order valence-corrected chi connectivity index (χ3v) is 8.68. The van der Waals surface area contributed by atoms with E-state index in [2.05, 4.69) is 14.4 Å². The lowest BCUT2D eigenvalue weighted by molar-refractivity contribution is -0.149. The van der Waals surface area contributed by atoms with Gasteiger partial charge < -0.3 is 15.0 Å². The fraction of sp³-hybridized carbons (Fsp3) is 0.375. The van der Waals surface area contributed by atoms with E-state index in [0.717, 1.165) is 12.3 Å². The first-order valence-corrected chi connectivity index (χ1v) is 15.5. The van der Waals surface area contributed by atoms with Gasteiger partial charge in [0.25, 0.3) is 10.0 Å². The van der Waals surface area contributed by atoms with E-state index in [1.807, 2.05) is 0 Å². The van der Waals surface area contributed by atoms with Crippen molar-refractivity contribution in [2.75, 3.05) is 23.4 Å². The number of nitrogens with one attached hydrogen (secondary N) is 2. The van der Waals surface area contributed by atoms with Crippen LogP contribution in [0.2, 0.25) is 5.02 Å². The highest BCUT2D eigenvalue weighted by atomic mass is 35.5. The number of carbonyl (C=O) groups is 2. The minimum atomic E-state index is -4.27. The molecule has 1 amide bonds. The Kier molecular flexibility index (Phi) is 8.19. The quantitative estimate of drug-likeness (QED) is 0.439. The molecule has 0 saturated heterocycles. The molecule has 1 aliphatic carbocycles. The average Bonchev–Trinajstić information content (AvgIpc) is 3.33. The number of fused-ring (bicyclic) bond motifs is 1. The molecule has 39 heavy (non-hydrogen) atoms. The molecule has 1 fully saturated rings. The summed E-state index contributed by atoms with van der Waals surface area (Å²) in [4.78, 5) is 27.3. The van der Waals surface area contributed by atoms with Gasteiger partial charge in [0, 0.05) is 18.3 Å². The van der Waals surface area contributed by atoms with Crippen LogP contribution in [0.25, 0.3) is 0 Å². The second-order valence-corrected chi connectivity index (χ2v) is 13.0. The smallest absolute Gasteiger partial charge is 0.310 e. The molecular weight excluding hydrogens is 575 g/mol. The van der Waals surface area contributed by atoms with E-state index in [1.165, 1.54) is 42.3 Å². The third-order valence-electron chi connectivity index (χ3n) is 6.43. The van der Waals surface area contributed by atoms with Crippen molar-refractivity contribution in [3.63, 3.8) is 0 Å². The van der Waals surface area contributed by atoms with E-state index in [9.17, 15) is 30.8 Å². The number of hydrogen-bond acceptors (Lipinski definition) is 8. The summed E-state index contributed by atoms with van der Waals surface area (Å²) in [5.74, 6) is -2.33. The molecule has 0 aromatic heterocycles. The maximum atomic E-state index is 13.7. The summed E-state index contributed by atoms with van der Waals surface area (Å²) in [5, 5.41) is 2.70. The van der Waals surface area contributed by atoms with Crippen LogP contribution in [0.5, 0.6) is 0 Å². The van der Waals surface area contributed by atoms with Crippen LogP contribution in [-0.4, -0.2) is 58.9 Å². The Hall–Kier alpha value is -3.23. The highest BCUT2D eigenvalue weighted by Gasteiger charge is 2.40. The summed E-state index contributed by atoms with van der Waals surface area (Å²) >= 11 is 5.93. The van der Waals surface area contributed by atoms with Gasteiger partial charge in [-0.25, -0.2) is 12.8 Å². The van der Waals surface area contributed by atoms with Crippen molar-refractivity contribution in [1.82, 2.24) is 4.90 Å². The number of esters is 1. The van der Waals surface area contributed by atoms with Crippen LogP contribution in [0.1, 0.15) is 31.2 Å². The monoisotopic (exact) mass is 600 g/mol. The van der Waals surface area contributed by atoms with Gasteiger partial charge in [-0.2, -0.15) is 8.42 Å². The predicted octanol–water partition coefficient (Wildman–Crippen LogP) is 3.12. The van der Waals surface area contributed by atoms with Crippen molar-refractivity contribution in [2.45, 2.75) is 43.2 Å². The van der Waals surface area contributed by atoms with Gasteiger partial charge in [-0.3, -0.25) is 14.3 Å². The Labute approximate surface area is 230 Å². The molecule has 0 unspecified atom stereocenters. The Morgan fingerprint density at radius 2 is 1.97 bits per heavy atom. The van der Waals surface area contributed by atoms with E-state index >= 15 is 0 Å². The summed E-state index contributed by atoms with van der Waals surface area (Å²) in [6, 6.07) is 7.37. The maximum Gasteiger partial charge on any atom is 0.310 e. The molecule has 2 aliphatic rings. The SMILES string of the molecule is COC(=O)[C@@H]1CCC[C@@H]1N(Cc1ccc(F)c(Cl)c1)C(=O)CC1=NS(=O)(=O)c2cc(NS(C)(=O)=O)ccc2N1. The number of amidine groups is 1. The summed E-state index contributed by atoms with van der Waals surface area (Å²) in [6.07, 6.45) is 2.18. The van der Waals surface area contributed by atoms with Crippen molar-refractivity contribution in [1.29, 1.82) is 0 Å². The number of hydrogen-bond donors (Lipinski definition) is 2. The lowest BCUT2D eigenvalue weighted by Crippen LogP contribution is -2.45. The largest absolute Gasteiger partial charge is 0.469 e. The molecule has 2 aromatic carbocycles. The molecule has 0 radical (unpaired) electrons. The Morgan fingerprint density at radius 1 is 1.23 bits per heavy atom. The third kappa shape index (κ3) is 6.68. The molecule has 1 saturated carbocycles. The standard InChI is InChI=1S/C24H26ClFN4O7S2/c1-37-24(32)16-4-3-5-20(16)30(13-14-6-8-18(26)17(25)10-14)23(31)12-22-27-19-9-7-15(28-38(2,33)34)11-21(19)39(35,36)29-22/h6-11,16,20,28H,3-5,12-13H2,1-2H3,(H,27,29)/t16-,20+/m1/s1. The Balaban J connectivity index is 1.62. The molecule has 11 nitrogen and oxygen atoms in total. The number of anilines is 2. The van der Waals surface area contributed by atoms with Crippen LogP contribution in [0.3, 0.4) is 0 Å². The molecule has 2 aromatic rings. The number of nitrogens with zero attached hydrogens (tertiary/aromatic N) is 2. The molecule has 210 valence electrons. The summed E-state index contributed by atoms with van der Waals surface area (Å²) < 4.78 is 73.5. The van der Waals surface area contributed by atoms with E-state index < -0.39 is 56.1 Å². The Bertz CT molecular complexity index is 1560. The van der Waals surface area contributed by atoms with E-state index in [4.69, 9.17) is 16.3 Å². The van der Waals surface area contributed by atoms with Crippen LogP contribution in [0, 0.1) is 11.7 Å². The van der Waals surface area contributed by atoms with Gasteiger partial charge in [0.15, 0.2) is 0 Å². The van der Waals surface area contributed by atoms with Crippen LogP contribution in [0.4, 0.5) is 15.8 Å². The number of carbonyl (C=O) groups excluding carboxylic acids is 2. The lowest BCUT2D eigenvalue weighted by atomic mass is 10.0. The number of halogens is 2. The fourth-order valence-corrected chi connectivity index (χ4v) is 6.71. The zero-order chi connectivity index (χ0) is 28.5. The number of methoxy groups -OCH3 is 1. The summed E-state index contributed by atoms with van der Waals surface area (Å²) in [5.41, 5.74) is 0.681. The van der Waals surface area contributed by atoms with E-state index in [0.29, 0.717) is 24.8 Å². The zero-order valence-electron chi connectivity index (χ0n) is 21.0. The predicted molar refractivity (Wildman–Crippen MR) is 143 cm³/mol. The van der Waals surface area contributed by atoms with Crippen LogP contribution in [-0.2, 0) is 40.9 Å². The minimum absolute atomic E-state index is 0.00582. The second-order valence-electron chi connectivity index (χ2n) is 9.30. The average molecular weight is 601 g/mol. The number of amides is 1. The molecule has 0 spiro atoms. The molecule has 1 aliphatic heterocycles. The molecule has 1 heterocycles. The van der Waals surface area contributed by atoms with Gasteiger partial charge in [0.1, 0.15) is 16.5 Å². The van der Waals surface area contributed by atoms with Crippen molar-refractivity contribution in [3.05, 3.63) is 52.8 Å². The normalized spacial score (nSPS) is 19.8. The first-order chi connectivity index (χ1) is 18.3. The summed E-state index contributed by atoms with van der Waals surface area (Å²) in [7, 11) is -6.65. The van der Waals surface area contributed by atoms with Crippen LogP contribution >= 0.6 is 11.6 Å². The molecule has 4 rings (SSSR count). The Morgan fingerprint density at radius 3 is 2.64 bits per heavy atom. The molecule has 15 heteroatoms. The van der Waals surface area contributed by atoms with Crippen molar-refractivity contribution >= 4 is 60.7 Å². The molecule has 2 N–H and O–H groups in total. The first kappa shape index (κ1) is 28.8. The fourth-order valence-electron chi connectivity index (χ4n) is 4.78. The molecular formula is C24H26ClFN4O7S2.